The van der Waals surface area contributed by atoms with E-state index in [-0.39, 0.29) is 44.8 Å². The molecule has 13 heteroatoms. The van der Waals surface area contributed by atoms with Crippen LogP contribution < -0.4 is 16.0 Å². The van der Waals surface area contributed by atoms with Crippen LogP contribution in [0.5, 0.6) is 0 Å². The Bertz CT molecular complexity index is 1480. The highest BCUT2D eigenvalue weighted by molar-refractivity contribution is 6.40. The van der Waals surface area contributed by atoms with Crippen molar-refractivity contribution in [1.29, 1.82) is 0 Å². The molecule has 0 aliphatic carbocycles. The van der Waals surface area contributed by atoms with Crippen molar-refractivity contribution in [2.45, 2.75) is 18.9 Å². The summed E-state index contributed by atoms with van der Waals surface area (Å²) in [6.07, 6.45) is 5.87. The van der Waals surface area contributed by atoms with Gasteiger partial charge < -0.3 is 25.8 Å². The van der Waals surface area contributed by atoms with E-state index in [4.69, 9.17) is 23.2 Å². The van der Waals surface area contributed by atoms with Gasteiger partial charge in [-0.15, -0.1) is 0 Å². The van der Waals surface area contributed by atoms with Gasteiger partial charge in [-0.2, -0.15) is 5.10 Å². The molecule has 3 aromatic rings. The van der Waals surface area contributed by atoms with Gasteiger partial charge in [-0.05, 0) is 57.3 Å². The van der Waals surface area contributed by atoms with Gasteiger partial charge in [0.05, 0.1) is 27.5 Å². The second-order valence-electron chi connectivity index (χ2n) is 10.0. The average Bonchev–Trinajstić information content (AvgIpc) is 3.41. The summed E-state index contributed by atoms with van der Waals surface area (Å²) in [7, 11) is 3.81. The van der Waals surface area contributed by atoms with E-state index in [1.54, 1.807) is 53.4 Å². The van der Waals surface area contributed by atoms with Crippen LogP contribution in [0.3, 0.4) is 0 Å². The SMILES string of the molecule is CN(C)C/C=C/C(=O)Nc1cccc(C(=O)N2CCC[C@@H](NC(=O)c3[nH]ncc3NC(=O)c3c(Cl)cccc3Cl)C2)c1. The summed E-state index contributed by atoms with van der Waals surface area (Å²) in [4.78, 5) is 55.0. The van der Waals surface area contributed by atoms with E-state index >= 15 is 0 Å². The average molecular weight is 613 g/mol. The molecule has 42 heavy (non-hydrogen) atoms. The molecular formula is C29H31Cl2N7O4. The van der Waals surface area contributed by atoms with Gasteiger partial charge in [0.15, 0.2) is 0 Å². The number of carbonyl (C=O) groups excluding carboxylic acids is 4. The molecule has 2 aromatic carbocycles. The topological polar surface area (TPSA) is 140 Å². The summed E-state index contributed by atoms with van der Waals surface area (Å²) >= 11 is 12.3. The number of hydrogen-bond acceptors (Lipinski definition) is 6. The van der Waals surface area contributed by atoms with E-state index in [0.29, 0.717) is 43.7 Å². The summed E-state index contributed by atoms with van der Waals surface area (Å²) in [5, 5.41) is 15.2. The lowest BCUT2D eigenvalue weighted by Gasteiger charge is -2.33. The largest absolute Gasteiger partial charge is 0.346 e. The summed E-state index contributed by atoms with van der Waals surface area (Å²) in [6.45, 7) is 1.45. The maximum atomic E-state index is 13.3. The lowest BCUT2D eigenvalue weighted by molar-refractivity contribution is -0.111. The molecule has 220 valence electrons. The molecule has 1 aliphatic heterocycles. The number of piperidine rings is 1. The molecule has 0 bridgehead atoms. The van der Waals surface area contributed by atoms with Crippen LogP contribution in [0.2, 0.25) is 10.0 Å². The van der Waals surface area contributed by atoms with E-state index < -0.39 is 11.8 Å². The summed E-state index contributed by atoms with van der Waals surface area (Å²) in [5.41, 5.74) is 1.23. The number of halogens is 2. The van der Waals surface area contributed by atoms with Crippen molar-refractivity contribution in [3.63, 3.8) is 0 Å². The summed E-state index contributed by atoms with van der Waals surface area (Å²) < 4.78 is 0. The van der Waals surface area contributed by atoms with Gasteiger partial charge in [-0.3, -0.25) is 24.3 Å². The molecule has 1 aliphatic rings. The van der Waals surface area contributed by atoms with Crippen molar-refractivity contribution in [3.8, 4) is 0 Å². The van der Waals surface area contributed by atoms with Crippen molar-refractivity contribution in [3.05, 3.63) is 87.7 Å². The first-order valence-corrected chi connectivity index (χ1v) is 14.0. The first-order valence-electron chi connectivity index (χ1n) is 13.2. The number of benzene rings is 2. The molecule has 0 spiro atoms. The van der Waals surface area contributed by atoms with Gasteiger partial charge in [0, 0.05) is 43.0 Å². The fourth-order valence-corrected chi connectivity index (χ4v) is 5.03. The standard InChI is InChI=1S/C29H31Cl2N7O4/c1-37(2)13-6-12-24(39)33-19-8-3-7-18(15-19)29(42)38-14-5-9-20(17-38)34-28(41)26-23(16-32-36-26)35-27(40)25-21(30)10-4-11-22(25)31/h3-4,6-8,10-12,15-16,20H,5,9,13-14,17H2,1-2H3,(H,32,36)(H,33,39)(H,34,41)(H,35,40)/b12-6+/t20-/m1/s1. The number of amides is 4. The number of carbonyl (C=O) groups is 4. The Morgan fingerprint density at radius 3 is 2.55 bits per heavy atom. The van der Waals surface area contributed by atoms with E-state index in [1.165, 1.54) is 12.3 Å². The van der Waals surface area contributed by atoms with Crippen molar-refractivity contribution in [2.75, 3.05) is 44.4 Å². The van der Waals surface area contributed by atoms with Crippen LogP contribution >= 0.6 is 23.2 Å². The number of likely N-dealkylation sites (tertiary alicyclic amines) is 1. The summed E-state index contributed by atoms with van der Waals surface area (Å²) in [6, 6.07) is 11.1. The lowest BCUT2D eigenvalue weighted by atomic mass is 10.0. The normalized spacial score (nSPS) is 15.1. The first kappa shape index (κ1) is 30.8. The monoisotopic (exact) mass is 611 g/mol. The highest BCUT2D eigenvalue weighted by atomic mass is 35.5. The molecule has 4 N–H and O–H groups in total. The fraction of sp³-hybridized carbons (Fsp3) is 0.276. The first-order chi connectivity index (χ1) is 20.1. The highest BCUT2D eigenvalue weighted by Gasteiger charge is 2.27. The fourth-order valence-electron chi connectivity index (χ4n) is 4.46. The molecule has 0 unspecified atom stereocenters. The zero-order valence-corrected chi connectivity index (χ0v) is 24.6. The number of likely N-dealkylation sites (N-methyl/N-ethyl adjacent to an activating group) is 1. The van der Waals surface area contributed by atoms with E-state index in [0.717, 1.165) is 0 Å². The maximum Gasteiger partial charge on any atom is 0.271 e. The number of anilines is 2. The molecule has 0 radical (unpaired) electrons. The minimum absolute atomic E-state index is 0.0538. The lowest BCUT2D eigenvalue weighted by Crippen LogP contribution is -2.49. The molecule has 2 heterocycles. The van der Waals surface area contributed by atoms with Gasteiger partial charge in [0.1, 0.15) is 5.69 Å². The Hall–Kier alpha value is -4.19. The Morgan fingerprint density at radius 1 is 1.07 bits per heavy atom. The minimum atomic E-state index is -0.585. The minimum Gasteiger partial charge on any atom is -0.346 e. The second kappa shape index (κ2) is 14.1. The zero-order chi connectivity index (χ0) is 30.2. The quantitative estimate of drug-likeness (QED) is 0.269. The zero-order valence-electron chi connectivity index (χ0n) is 23.1. The number of nitrogens with zero attached hydrogens (tertiary/aromatic N) is 3. The maximum absolute atomic E-state index is 13.3. The third kappa shape index (κ3) is 7.96. The second-order valence-corrected chi connectivity index (χ2v) is 10.8. The Kier molecular flexibility index (Phi) is 10.3. The number of nitrogens with one attached hydrogen (secondary N) is 4. The van der Waals surface area contributed by atoms with E-state index in [9.17, 15) is 19.2 Å². The molecule has 11 nitrogen and oxygen atoms in total. The van der Waals surface area contributed by atoms with Gasteiger partial charge in [-0.1, -0.05) is 41.4 Å². The molecule has 1 fully saturated rings. The van der Waals surface area contributed by atoms with Crippen LogP contribution in [0.25, 0.3) is 0 Å². The molecule has 0 saturated carbocycles. The summed E-state index contributed by atoms with van der Waals surface area (Å²) in [5.74, 6) is -1.57. The molecular weight excluding hydrogens is 581 g/mol. The molecule has 1 saturated heterocycles. The van der Waals surface area contributed by atoms with Gasteiger partial charge in [0.25, 0.3) is 17.7 Å². The van der Waals surface area contributed by atoms with Crippen LogP contribution in [0.1, 0.15) is 44.0 Å². The molecule has 1 atom stereocenters. The van der Waals surface area contributed by atoms with Crippen LogP contribution in [0.15, 0.2) is 60.8 Å². The number of aromatic nitrogens is 2. The van der Waals surface area contributed by atoms with Crippen LogP contribution in [-0.2, 0) is 4.79 Å². The Morgan fingerprint density at radius 2 is 1.81 bits per heavy atom. The van der Waals surface area contributed by atoms with Crippen molar-refractivity contribution in [1.82, 2.24) is 25.3 Å². The number of rotatable bonds is 9. The van der Waals surface area contributed by atoms with E-state index in [2.05, 4.69) is 26.1 Å². The van der Waals surface area contributed by atoms with Crippen LogP contribution in [0.4, 0.5) is 11.4 Å². The van der Waals surface area contributed by atoms with E-state index in [1.807, 2.05) is 19.0 Å². The van der Waals surface area contributed by atoms with Crippen LogP contribution in [-0.4, -0.2) is 83.4 Å². The molecule has 4 amide bonds. The molecule has 1 aromatic heterocycles. The Balaban J connectivity index is 1.37. The van der Waals surface area contributed by atoms with Crippen molar-refractivity contribution < 1.29 is 19.2 Å². The number of aromatic amines is 1. The van der Waals surface area contributed by atoms with Gasteiger partial charge in [-0.25, -0.2) is 0 Å². The number of hydrogen-bond donors (Lipinski definition) is 4. The predicted octanol–water partition coefficient (Wildman–Crippen LogP) is 4.06. The van der Waals surface area contributed by atoms with Gasteiger partial charge >= 0.3 is 0 Å². The van der Waals surface area contributed by atoms with Crippen molar-refractivity contribution >= 4 is 58.2 Å². The third-order valence-corrected chi connectivity index (χ3v) is 7.10. The third-order valence-electron chi connectivity index (χ3n) is 6.47. The smallest absolute Gasteiger partial charge is 0.271 e. The Labute approximate surface area is 253 Å². The molecule has 4 rings (SSSR count). The highest BCUT2D eigenvalue weighted by Crippen LogP contribution is 2.26. The predicted molar refractivity (Wildman–Crippen MR) is 162 cm³/mol. The van der Waals surface area contributed by atoms with Crippen molar-refractivity contribution in [2.24, 2.45) is 0 Å². The number of H-pyrrole nitrogens is 1. The van der Waals surface area contributed by atoms with Gasteiger partial charge in [0.2, 0.25) is 5.91 Å². The van der Waals surface area contributed by atoms with Crippen LogP contribution in [0, 0.1) is 0 Å².